The Morgan fingerprint density at radius 2 is 1.94 bits per heavy atom. The molecule has 0 amide bonds. The fourth-order valence-electron chi connectivity index (χ4n) is 2.68. The van der Waals surface area contributed by atoms with Crippen molar-refractivity contribution in [1.82, 2.24) is 14.5 Å². The molecule has 5 heteroatoms. The minimum Gasteiger partial charge on any atom is -0.388 e. The van der Waals surface area contributed by atoms with E-state index in [2.05, 4.69) is 28.3 Å². The summed E-state index contributed by atoms with van der Waals surface area (Å²) < 4.78 is 3.89. The molecule has 2 rings (SSSR count). The van der Waals surface area contributed by atoms with E-state index in [1.54, 1.807) is 0 Å². The van der Waals surface area contributed by atoms with Crippen molar-refractivity contribution in [2.45, 2.75) is 46.1 Å². The van der Waals surface area contributed by atoms with Crippen LogP contribution in [0.1, 0.15) is 45.2 Å². The van der Waals surface area contributed by atoms with Crippen LogP contribution in [0.25, 0.3) is 0 Å². The Balaban J connectivity index is 1.89. The highest BCUT2D eigenvalue weighted by molar-refractivity contribution is 7.09. The second kappa shape index (κ2) is 5.31. The number of likely N-dealkylation sites (tertiary alicyclic amines) is 1. The van der Waals surface area contributed by atoms with E-state index in [1.807, 2.05) is 0 Å². The largest absolute Gasteiger partial charge is 0.388 e. The number of rotatable bonds is 4. The summed E-state index contributed by atoms with van der Waals surface area (Å²) in [5, 5.41) is 4.86. The average Bonchev–Trinajstić information content (AvgIpc) is 2.77. The van der Waals surface area contributed by atoms with Crippen LogP contribution < -0.4 is 5.73 Å². The fourth-order valence-corrected chi connectivity index (χ4v) is 3.12. The lowest BCUT2D eigenvalue weighted by atomic mass is 9.74. The van der Waals surface area contributed by atoms with E-state index >= 15 is 0 Å². The van der Waals surface area contributed by atoms with Gasteiger partial charge in [0.05, 0.1) is 0 Å². The lowest BCUT2D eigenvalue weighted by molar-refractivity contribution is 0.0902. The highest BCUT2D eigenvalue weighted by Gasteiger charge is 2.31. The van der Waals surface area contributed by atoms with Gasteiger partial charge in [-0.05, 0) is 31.3 Å². The molecule has 0 saturated carbocycles. The Morgan fingerprint density at radius 3 is 2.41 bits per heavy atom. The third-order valence-corrected chi connectivity index (χ3v) is 4.97. The highest BCUT2D eigenvalue weighted by Crippen LogP contribution is 2.38. The number of hydrogen-bond acceptors (Lipinski definition) is 5. The first-order valence-electron chi connectivity index (χ1n) is 6.48. The van der Waals surface area contributed by atoms with Gasteiger partial charge in [0, 0.05) is 18.1 Å². The number of hydrogen-bond donors (Lipinski definition) is 1. The summed E-state index contributed by atoms with van der Waals surface area (Å²) >= 11 is 1.29. The summed E-state index contributed by atoms with van der Waals surface area (Å²) in [6.45, 7) is 7.84. The second-order valence-corrected chi connectivity index (χ2v) is 5.85. The van der Waals surface area contributed by atoms with Crippen molar-refractivity contribution in [2.24, 2.45) is 5.41 Å². The summed E-state index contributed by atoms with van der Waals surface area (Å²) in [7, 11) is 0. The van der Waals surface area contributed by atoms with E-state index in [0.29, 0.717) is 5.41 Å². The lowest BCUT2D eigenvalue weighted by Gasteiger charge is -2.40. The maximum atomic E-state index is 5.83. The first kappa shape index (κ1) is 12.8. The van der Waals surface area contributed by atoms with Gasteiger partial charge in [-0.25, -0.2) is 0 Å². The molecule has 0 bridgehead atoms. The van der Waals surface area contributed by atoms with Crippen molar-refractivity contribution < 1.29 is 0 Å². The lowest BCUT2D eigenvalue weighted by Crippen LogP contribution is -2.39. The molecular formula is C12H22N4S. The second-order valence-electron chi connectivity index (χ2n) is 5.07. The standard InChI is InChI=1S/C12H22N4S/c1-3-12(4-2)5-7-16(8-6-12)9-10-11(13)17-15-14-10/h3-9,13H2,1-2H3. The minimum atomic E-state index is 0.586. The number of nitrogen functional groups attached to an aromatic ring is 1. The highest BCUT2D eigenvalue weighted by atomic mass is 32.1. The molecule has 0 atom stereocenters. The molecule has 0 aromatic carbocycles. The monoisotopic (exact) mass is 254 g/mol. The van der Waals surface area contributed by atoms with Crippen LogP contribution in [0.5, 0.6) is 0 Å². The van der Waals surface area contributed by atoms with E-state index < -0.39 is 0 Å². The zero-order valence-electron chi connectivity index (χ0n) is 10.8. The Bertz CT molecular complexity index is 349. The van der Waals surface area contributed by atoms with E-state index in [-0.39, 0.29) is 0 Å². The Morgan fingerprint density at radius 1 is 1.29 bits per heavy atom. The van der Waals surface area contributed by atoms with Crippen LogP contribution >= 0.6 is 11.5 Å². The van der Waals surface area contributed by atoms with Crippen LogP contribution in [-0.2, 0) is 6.54 Å². The normalized spacial score (nSPS) is 20.6. The molecule has 0 aliphatic carbocycles. The van der Waals surface area contributed by atoms with Crippen molar-refractivity contribution in [2.75, 3.05) is 18.8 Å². The molecule has 1 fully saturated rings. The maximum absolute atomic E-state index is 5.83. The fraction of sp³-hybridized carbons (Fsp3) is 0.833. The summed E-state index contributed by atoms with van der Waals surface area (Å²) in [6.07, 6.45) is 5.21. The molecule has 1 aliphatic heterocycles. The van der Waals surface area contributed by atoms with E-state index in [4.69, 9.17) is 5.73 Å². The summed E-state index contributed by atoms with van der Waals surface area (Å²) in [5.74, 6) is 0. The van der Waals surface area contributed by atoms with Gasteiger partial charge in [0.1, 0.15) is 10.7 Å². The summed E-state index contributed by atoms with van der Waals surface area (Å²) in [5.41, 5.74) is 7.37. The molecule has 1 aromatic heterocycles. The first-order valence-corrected chi connectivity index (χ1v) is 7.25. The third-order valence-electron chi connectivity index (χ3n) is 4.38. The van der Waals surface area contributed by atoms with Gasteiger partial charge in [0.25, 0.3) is 0 Å². The maximum Gasteiger partial charge on any atom is 0.132 e. The van der Waals surface area contributed by atoms with E-state index in [1.165, 1.54) is 50.3 Å². The number of nitrogens with zero attached hydrogens (tertiary/aromatic N) is 3. The average molecular weight is 254 g/mol. The number of piperidine rings is 1. The molecule has 17 heavy (non-hydrogen) atoms. The van der Waals surface area contributed by atoms with Crippen molar-refractivity contribution in [3.63, 3.8) is 0 Å². The number of nitrogens with two attached hydrogens (primary N) is 1. The van der Waals surface area contributed by atoms with Gasteiger partial charge in [0.15, 0.2) is 0 Å². The zero-order valence-corrected chi connectivity index (χ0v) is 11.6. The molecule has 4 nitrogen and oxygen atoms in total. The van der Waals surface area contributed by atoms with Gasteiger partial charge in [-0.3, -0.25) is 4.90 Å². The van der Waals surface area contributed by atoms with Gasteiger partial charge in [-0.1, -0.05) is 31.2 Å². The van der Waals surface area contributed by atoms with Gasteiger partial charge < -0.3 is 5.73 Å². The molecule has 1 aromatic rings. The van der Waals surface area contributed by atoms with Crippen molar-refractivity contribution in [3.8, 4) is 0 Å². The Labute approximate surface area is 107 Å². The molecule has 0 spiro atoms. The first-order chi connectivity index (χ1) is 8.19. The molecule has 1 aliphatic rings. The summed E-state index contributed by atoms with van der Waals surface area (Å²) in [4.78, 5) is 2.46. The van der Waals surface area contributed by atoms with Crippen LogP contribution in [0.2, 0.25) is 0 Å². The molecule has 0 unspecified atom stereocenters. The van der Waals surface area contributed by atoms with Crippen LogP contribution in [0.15, 0.2) is 0 Å². The summed E-state index contributed by atoms with van der Waals surface area (Å²) in [6, 6.07) is 0. The molecule has 96 valence electrons. The molecule has 0 radical (unpaired) electrons. The molecule has 2 N–H and O–H groups in total. The van der Waals surface area contributed by atoms with E-state index in [0.717, 1.165) is 17.2 Å². The van der Waals surface area contributed by atoms with Crippen molar-refractivity contribution in [3.05, 3.63) is 5.69 Å². The molecule has 2 heterocycles. The molecule has 1 saturated heterocycles. The van der Waals surface area contributed by atoms with Crippen LogP contribution in [-0.4, -0.2) is 27.6 Å². The quantitative estimate of drug-likeness (QED) is 0.897. The molecular weight excluding hydrogens is 232 g/mol. The minimum absolute atomic E-state index is 0.586. The predicted octanol–water partition coefficient (Wildman–Crippen LogP) is 2.52. The van der Waals surface area contributed by atoms with Crippen molar-refractivity contribution >= 4 is 16.5 Å². The van der Waals surface area contributed by atoms with Crippen LogP contribution in [0, 0.1) is 5.41 Å². The van der Waals surface area contributed by atoms with Crippen molar-refractivity contribution in [1.29, 1.82) is 0 Å². The Hall–Kier alpha value is -0.680. The van der Waals surface area contributed by atoms with Gasteiger partial charge >= 0.3 is 0 Å². The van der Waals surface area contributed by atoms with E-state index in [9.17, 15) is 0 Å². The van der Waals surface area contributed by atoms with Gasteiger partial charge in [-0.15, -0.1) is 5.10 Å². The predicted molar refractivity (Wildman–Crippen MR) is 71.8 cm³/mol. The van der Waals surface area contributed by atoms with Crippen LogP contribution in [0.4, 0.5) is 5.00 Å². The SMILES string of the molecule is CCC1(CC)CCN(Cc2nnsc2N)CC1. The van der Waals surface area contributed by atoms with Crippen LogP contribution in [0.3, 0.4) is 0 Å². The topological polar surface area (TPSA) is 55.0 Å². The Kier molecular flexibility index (Phi) is 3.99. The van der Waals surface area contributed by atoms with Gasteiger partial charge in [-0.2, -0.15) is 0 Å². The smallest absolute Gasteiger partial charge is 0.132 e. The number of anilines is 1. The third kappa shape index (κ3) is 2.77. The zero-order chi connectivity index (χ0) is 12.3. The van der Waals surface area contributed by atoms with Gasteiger partial charge in [0.2, 0.25) is 0 Å². The number of aromatic nitrogens is 2.